The lowest BCUT2D eigenvalue weighted by Gasteiger charge is -2.26. The fraction of sp³-hybridized carbons (Fsp3) is 0.609. The van der Waals surface area contributed by atoms with Crippen LogP contribution in [0.1, 0.15) is 36.1 Å². The zero-order chi connectivity index (χ0) is 22.2. The van der Waals surface area contributed by atoms with E-state index in [1.54, 1.807) is 7.11 Å². The maximum Gasteiger partial charge on any atom is 0.191 e. The molecule has 1 atom stereocenters. The van der Waals surface area contributed by atoms with Gasteiger partial charge in [0.05, 0.1) is 26.3 Å². The maximum atomic E-state index is 5.43. The maximum absolute atomic E-state index is 5.43. The number of morpholine rings is 1. The summed E-state index contributed by atoms with van der Waals surface area (Å²) < 4.78 is 12.6. The number of nitrogens with one attached hydrogen (secondary N) is 2. The quantitative estimate of drug-likeness (QED) is 0.472. The van der Waals surface area contributed by atoms with Gasteiger partial charge in [-0.15, -0.1) is 0 Å². The van der Waals surface area contributed by atoms with Gasteiger partial charge in [-0.1, -0.05) is 24.3 Å². The molecule has 1 aromatic carbocycles. The summed E-state index contributed by atoms with van der Waals surface area (Å²) in [6.45, 7) is 9.46. The van der Waals surface area contributed by atoms with Gasteiger partial charge in [-0.05, 0) is 24.5 Å². The number of ether oxygens (including phenoxy) is 2. The van der Waals surface area contributed by atoms with E-state index in [-0.39, 0.29) is 6.04 Å². The Hall–Kier alpha value is -2.49. The molecule has 3 heterocycles. The van der Waals surface area contributed by atoms with Crippen molar-refractivity contribution in [2.45, 2.75) is 52.0 Å². The Balaban J connectivity index is 1.31. The number of fused-ring (bicyclic) bond motifs is 1. The molecule has 0 bridgehead atoms. The van der Waals surface area contributed by atoms with Crippen LogP contribution in [-0.4, -0.2) is 71.6 Å². The summed E-state index contributed by atoms with van der Waals surface area (Å²) in [5, 5.41) is 11.5. The first-order valence-electron chi connectivity index (χ1n) is 11.6. The predicted molar refractivity (Wildman–Crippen MR) is 123 cm³/mol. The number of hydrogen-bond donors (Lipinski definition) is 2. The van der Waals surface area contributed by atoms with Gasteiger partial charge in [0.1, 0.15) is 12.4 Å². The van der Waals surface area contributed by atoms with E-state index in [1.807, 2.05) is 4.68 Å². The van der Waals surface area contributed by atoms with Gasteiger partial charge in [-0.2, -0.15) is 5.10 Å². The first kappa shape index (κ1) is 22.7. The molecule has 0 amide bonds. The number of guanidine groups is 1. The molecule has 1 fully saturated rings. The fourth-order valence-electron chi connectivity index (χ4n) is 4.12. The molecule has 2 N–H and O–H groups in total. The smallest absolute Gasteiger partial charge is 0.191 e. The highest BCUT2D eigenvalue weighted by atomic mass is 16.5. The van der Waals surface area contributed by atoms with Gasteiger partial charge in [0.15, 0.2) is 11.8 Å². The van der Waals surface area contributed by atoms with Crippen LogP contribution in [0.15, 0.2) is 29.3 Å². The highest BCUT2D eigenvalue weighted by Gasteiger charge is 2.22. The van der Waals surface area contributed by atoms with Crippen LogP contribution in [0, 0.1) is 0 Å². The lowest BCUT2D eigenvalue weighted by Crippen LogP contribution is -2.47. The molecule has 1 saturated heterocycles. The van der Waals surface area contributed by atoms with Crippen LogP contribution >= 0.6 is 0 Å². The van der Waals surface area contributed by atoms with Gasteiger partial charge in [-0.25, -0.2) is 14.7 Å². The Labute approximate surface area is 190 Å². The zero-order valence-corrected chi connectivity index (χ0v) is 19.2. The third kappa shape index (κ3) is 6.27. The third-order valence-electron chi connectivity index (χ3n) is 5.81. The first-order valence-corrected chi connectivity index (χ1v) is 11.6. The minimum Gasteiger partial charge on any atom is -0.379 e. The largest absolute Gasteiger partial charge is 0.379 e. The molecule has 0 radical (unpaired) electrons. The van der Waals surface area contributed by atoms with Crippen molar-refractivity contribution >= 4 is 5.96 Å². The van der Waals surface area contributed by atoms with Crippen molar-refractivity contribution in [2.24, 2.45) is 4.99 Å². The average molecular weight is 442 g/mol. The molecule has 9 heteroatoms. The first-order chi connectivity index (χ1) is 15.7. The fourth-order valence-corrected chi connectivity index (χ4v) is 4.12. The number of nitrogens with zero attached hydrogens (tertiary/aromatic N) is 5. The molecule has 0 aliphatic carbocycles. The van der Waals surface area contributed by atoms with Crippen LogP contribution in [-0.2, 0) is 42.1 Å². The minimum atomic E-state index is 0.272. The number of aryl methyl sites for hydroxylation is 1. The summed E-state index contributed by atoms with van der Waals surface area (Å²) >= 11 is 0. The van der Waals surface area contributed by atoms with Crippen LogP contribution in [0.4, 0.5) is 0 Å². The standard InChI is InChI=1S/C23H35N7O2/c1-3-24-23(26-20-8-9-22-27-21(17-31-2)28-30(22)16-20)25-14-18-4-6-19(7-5-18)15-29-10-12-32-13-11-29/h4-7,20H,3,8-17H2,1-2H3,(H2,24,25,26). The van der Waals surface area contributed by atoms with E-state index in [9.17, 15) is 0 Å². The van der Waals surface area contributed by atoms with E-state index in [0.717, 1.165) is 76.4 Å². The summed E-state index contributed by atoms with van der Waals surface area (Å²) in [4.78, 5) is 11.8. The molecule has 1 aromatic heterocycles. The lowest BCUT2D eigenvalue weighted by atomic mass is 10.1. The van der Waals surface area contributed by atoms with E-state index in [0.29, 0.717) is 13.2 Å². The van der Waals surface area contributed by atoms with E-state index >= 15 is 0 Å². The van der Waals surface area contributed by atoms with Crippen molar-refractivity contribution in [3.63, 3.8) is 0 Å². The molecule has 9 nitrogen and oxygen atoms in total. The van der Waals surface area contributed by atoms with Crippen LogP contribution < -0.4 is 10.6 Å². The van der Waals surface area contributed by atoms with E-state index in [1.165, 1.54) is 11.1 Å². The molecule has 32 heavy (non-hydrogen) atoms. The molecular formula is C23H35N7O2. The second kappa shape index (κ2) is 11.4. The Kier molecular flexibility index (Phi) is 8.08. The Morgan fingerprint density at radius 2 is 2.00 bits per heavy atom. The van der Waals surface area contributed by atoms with E-state index in [4.69, 9.17) is 14.5 Å². The van der Waals surface area contributed by atoms with Crippen molar-refractivity contribution in [1.82, 2.24) is 30.3 Å². The second-order valence-corrected chi connectivity index (χ2v) is 8.34. The molecule has 174 valence electrons. The number of hydrogen-bond acceptors (Lipinski definition) is 6. The summed E-state index contributed by atoms with van der Waals surface area (Å²) in [5.41, 5.74) is 2.54. The van der Waals surface area contributed by atoms with Crippen LogP contribution in [0.3, 0.4) is 0 Å². The molecule has 2 aromatic rings. The van der Waals surface area contributed by atoms with Gasteiger partial charge in [0.25, 0.3) is 0 Å². The molecule has 2 aliphatic rings. The van der Waals surface area contributed by atoms with Gasteiger partial charge in [0, 0.05) is 45.8 Å². The van der Waals surface area contributed by atoms with Crippen molar-refractivity contribution in [1.29, 1.82) is 0 Å². The number of methoxy groups -OCH3 is 1. The van der Waals surface area contributed by atoms with Crippen molar-refractivity contribution in [3.05, 3.63) is 47.0 Å². The normalized spacial score (nSPS) is 19.6. The Bertz CT molecular complexity index is 875. The topological polar surface area (TPSA) is 88.8 Å². The number of aromatic nitrogens is 3. The average Bonchev–Trinajstić information content (AvgIpc) is 3.21. The van der Waals surface area contributed by atoms with Gasteiger partial charge in [-0.3, -0.25) is 4.90 Å². The summed E-state index contributed by atoms with van der Waals surface area (Å²) in [7, 11) is 1.67. The molecular weight excluding hydrogens is 406 g/mol. The SMILES string of the molecule is CCNC(=NCc1ccc(CN2CCOCC2)cc1)NC1CCc2nc(COC)nn2C1. The third-order valence-corrected chi connectivity index (χ3v) is 5.81. The van der Waals surface area contributed by atoms with Crippen molar-refractivity contribution < 1.29 is 9.47 Å². The lowest BCUT2D eigenvalue weighted by molar-refractivity contribution is 0.0342. The van der Waals surface area contributed by atoms with Crippen molar-refractivity contribution in [3.8, 4) is 0 Å². The molecule has 4 rings (SSSR count). The minimum absolute atomic E-state index is 0.272. The number of benzene rings is 1. The highest BCUT2D eigenvalue weighted by molar-refractivity contribution is 5.80. The van der Waals surface area contributed by atoms with Crippen LogP contribution in [0.2, 0.25) is 0 Å². The highest BCUT2D eigenvalue weighted by Crippen LogP contribution is 2.14. The zero-order valence-electron chi connectivity index (χ0n) is 19.2. The van der Waals surface area contributed by atoms with Crippen LogP contribution in [0.5, 0.6) is 0 Å². The number of rotatable bonds is 8. The summed E-state index contributed by atoms with van der Waals surface area (Å²) in [6.07, 6.45) is 1.91. The van der Waals surface area contributed by atoms with Gasteiger partial charge < -0.3 is 20.1 Å². The van der Waals surface area contributed by atoms with Gasteiger partial charge >= 0.3 is 0 Å². The molecule has 2 aliphatic heterocycles. The molecule has 0 spiro atoms. The van der Waals surface area contributed by atoms with Crippen molar-refractivity contribution in [2.75, 3.05) is 40.0 Å². The molecule has 0 saturated carbocycles. The second-order valence-electron chi connectivity index (χ2n) is 8.34. The predicted octanol–water partition coefficient (Wildman–Crippen LogP) is 1.33. The molecule has 1 unspecified atom stereocenters. The Morgan fingerprint density at radius 1 is 1.22 bits per heavy atom. The van der Waals surface area contributed by atoms with Gasteiger partial charge in [0.2, 0.25) is 0 Å². The Morgan fingerprint density at radius 3 is 2.75 bits per heavy atom. The monoisotopic (exact) mass is 441 g/mol. The van der Waals surface area contributed by atoms with Crippen LogP contribution in [0.25, 0.3) is 0 Å². The summed E-state index contributed by atoms with van der Waals surface area (Å²) in [6, 6.07) is 9.07. The number of aliphatic imine (C=N–C) groups is 1. The van der Waals surface area contributed by atoms with E-state index < -0.39 is 0 Å². The summed E-state index contributed by atoms with van der Waals surface area (Å²) in [5.74, 6) is 2.63. The van der Waals surface area contributed by atoms with E-state index in [2.05, 4.69) is 56.8 Å².